The molecule has 0 fully saturated rings. The third-order valence-electron chi connectivity index (χ3n) is 3.91. The van der Waals surface area contributed by atoms with Gasteiger partial charge in [-0.15, -0.1) is 0 Å². The molecule has 0 unspecified atom stereocenters. The maximum Gasteiger partial charge on any atom is 0.264 e. The summed E-state index contributed by atoms with van der Waals surface area (Å²) in [6, 6.07) is 12.6. The molecule has 1 atom stereocenters. The SMILES string of the molecule is COc1ccc(S(=O)(=O)N2c3ccccc3NC(=O)C[C@@H]2C)cc1. The van der Waals surface area contributed by atoms with Crippen LogP contribution in [0.1, 0.15) is 13.3 Å². The lowest BCUT2D eigenvalue weighted by atomic mass is 10.2. The van der Waals surface area contributed by atoms with Gasteiger partial charge in [-0.1, -0.05) is 12.1 Å². The smallest absolute Gasteiger partial charge is 0.264 e. The van der Waals surface area contributed by atoms with Crippen LogP contribution in [-0.4, -0.2) is 27.5 Å². The molecule has 2 aromatic carbocycles. The number of amides is 1. The van der Waals surface area contributed by atoms with Crippen molar-refractivity contribution < 1.29 is 17.9 Å². The molecule has 7 heteroatoms. The quantitative estimate of drug-likeness (QED) is 0.927. The summed E-state index contributed by atoms with van der Waals surface area (Å²) in [5.41, 5.74) is 0.954. The van der Waals surface area contributed by atoms with E-state index in [0.29, 0.717) is 17.1 Å². The molecule has 0 radical (unpaired) electrons. The van der Waals surface area contributed by atoms with E-state index in [1.165, 1.54) is 23.5 Å². The molecule has 1 N–H and O–H groups in total. The number of ether oxygens (including phenoxy) is 1. The maximum atomic E-state index is 13.2. The van der Waals surface area contributed by atoms with Gasteiger partial charge in [-0.3, -0.25) is 9.10 Å². The molecule has 24 heavy (non-hydrogen) atoms. The van der Waals surface area contributed by atoms with Gasteiger partial charge in [-0.05, 0) is 43.3 Å². The maximum absolute atomic E-state index is 13.2. The Balaban J connectivity index is 2.12. The van der Waals surface area contributed by atoms with Gasteiger partial charge in [-0.2, -0.15) is 0 Å². The van der Waals surface area contributed by atoms with Crippen LogP contribution in [0.25, 0.3) is 0 Å². The summed E-state index contributed by atoms with van der Waals surface area (Å²) >= 11 is 0. The van der Waals surface area contributed by atoms with Gasteiger partial charge < -0.3 is 10.1 Å². The fourth-order valence-corrected chi connectivity index (χ4v) is 4.46. The van der Waals surface area contributed by atoms with Crippen molar-refractivity contribution in [2.45, 2.75) is 24.3 Å². The van der Waals surface area contributed by atoms with Gasteiger partial charge in [0.2, 0.25) is 5.91 Å². The van der Waals surface area contributed by atoms with Crippen molar-refractivity contribution in [2.24, 2.45) is 0 Å². The first-order chi connectivity index (χ1) is 11.4. The van der Waals surface area contributed by atoms with E-state index in [1.54, 1.807) is 43.3 Å². The van der Waals surface area contributed by atoms with E-state index >= 15 is 0 Å². The lowest BCUT2D eigenvalue weighted by molar-refractivity contribution is -0.116. The van der Waals surface area contributed by atoms with Crippen molar-refractivity contribution in [3.63, 3.8) is 0 Å². The minimum absolute atomic E-state index is 0.0874. The Morgan fingerprint density at radius 3 is 2.46 bits per heavy atom. The second-order valence-corrected chi connectivity index (χ2v) is 7.41. The Kier molecular flexibility index (Phi) is 4.19. The zero-order valence-electron chi connectivity index (χ0n) is 13.4. The third-order valence-corrected chi connectivity index (χ3v) is 5.86. The van der Waals surface area contributed by atoms with Crippen LogP contribution in [0.3, 0.4) is 0 Å². The highest BCUT2D eigenvalue weighted by Crippen LogP contribution is 2.35. The van der Waals surface area contributed by atoms with Crippen LogP contribution in [0.5, 0.6) is 5.75 Å². The van der Waals surface area contributed by atoms with Crippen LogP contribution >= 0.6 is 0 Å². The largest absolute Gasteiger partial charge is 0.497 e. The number of fused-ring (bicyclic) bond motifs is 1. The number of hydrogen-bond acceptors (Lipinski definition) is 4. The zero-order valence-corrected chi connectivity index (χ0v) is 14.2. The zero-order chi connectivity index (χ0) is 17.3. The molecule has 0 aliphatic carbocycles. The van der Waals surface area contributed by atoms with E-state index < -0.39 is 16.1 Å². The van der Waals surface area contributed by atoms with Crippen molar-refractivity contribution in [3.05, 3.63) is 48.5 Å². The summed E-state index contributed by atoms with van der Waals surface area (Å²) in [6.45, 7) is 1.72. The van der Waals surface area contributed by atoms with Gasteiger partial charge in [-0.25, -0.2) is 8.42 Å². The molecule has 0 bridgehead atoms. The summed E-state index contributed by atoms with van der Waals surface area (Å²) in [6.07, 6.45) is 0.0874. The Bertz CT molecular complexity index is 862. The van der Waals surface area contributed by atoms with E-state index in [4.69, 9.17) is 4.74 Å². The predicted octanol–water partition coefficient (Wildman–Crippen LogP) is 2.62. The number of sulfonamides is 1. The Labute approximate surface area is 141 Å². The van der Waals surface area contributed by atoms with Gasteiger partial charge in [0.25, 0.3) is 10.0 Å². The number of rotatable bonds is 3. The molecule has 3 rings (SSSR count). The van der Waals surface area contributed by atoms with E-state index in [2.05, 4.69) is 5.32 Å². The molecule has 126 valence electrons. The molecule has 0 spiro atoms. The number of carbonyl (C=O) groups is 1. The van der Waals surface area contributed by atoms with E-state index in [0.717, 1.165) is 0 Å². The number of methoxy groups -OCH3 is 1. The Morgan fingerprint density at radius 1 is 1.12 bits per heavy atom. The van der Waals surface area contributed by atoms with E-state index in [-0.39, 0.29) is 17.2 Å². The Hall–Kier alpha value is -2.54. The van der Waals surface area contributed by atoms with Gasteiger partial charge in [0.05, 0.1) is 29.4 Å². The molecule has 1 heterocycles. The molecular weight excluding hydrogens is 328 g/mol. The molecule has 6 nitrogen and oxygen atoms in total. The van der Waals surface area contributed by atoms with Crippen LogP contribution < -0.4 is 14.4 Å². The van der Waals surface area contributed by atoms with E-state index in [9.17, 15) is 13.2 Å². The van der Waals surface area contributed by atoms with Crippen molar-refractivity contribution in [2.75, 3.05) is 16.7 Å². The number of para-hydroxylation sites is 2. The van der Waals surface area contributed by atoms with Gasteiger partial charge in [0.1, 0.15) is 5.75 Å². The number of carbonyl (C=O) groups excluding carboxylic acids is 1. The first kappa shape index (κ1) is 16.3. The second-order valence-electron chi connectivity index (χ2n) is 5.59. The molecule has 2 aromatic rings. The number of hydrogen-bond donors (Lipinski definition) is 1. The van der Waals surface area contributed by atoms with Crippen LogP contribution in [-0.2, 0) is 14.8 Å². The molecule has 0 saturated heterocycles. The number of anilines is 2. The van der Waals surface area contributed by atoms with Crippen LogP contribution in [0.15, 0.2) is 53.4 Å². The second kappa shape index (κ2) is 6.16. The van der Waals surface area contributed by atoms with Crippen molar-refractivity contribution >= 4 is 27.3 Å². The first-order valence-electron chi connectivity index (χ1n) is 7.51. The first-order valence-corrected chi connectivity index (χ1v) is 8.95. The van der Waals surface area contributed by atoms with Crippen LogP contribution in [0.2, 0.25) is 0 Å². The van der Waals surface area contributed by atoms with Crippen molar-refractivity contribution in [1.82, 2.24) is 0 Å². The standard InChI is InChI=1S/C17H18N2O4S/c1-12-11-17(20)18-15-5-3-4-6-16(15)19(12)24(21,22)14-9-7-13(23-2)8-10-14/h3-10,12H,11H2,1-2H3,(H,18,20)/t12-/m0/s1. The summed E-state index contributed by atoms with van der Waals surface area (Å²) in [5, 5.41) is 2.76. The third kappa shape index (κ3) is 2.82. The number of nitrogens with one attached hydrogen (secondary N) is 1. The highest BCUT2D eigenvalue weighted by molar-refractivity contribution is 7.92. The average Bonchev–Trinajstić information content (AvgIpc) is 2.69. The number of nitrogens with zero attached hydrogens (tertiary/aromatic N) is 1. The van der Waals surface area contributed by atoms with Crippen LogP contribution in [0, 0.1) is 0 Å². The fraction of sp³-hybridized carbons (Fsp3) is 0.235. The molecule has 0 aromatic heterocycles. The average molecular weight is 346 g/mol. The summed E-state index contributed by atoms with van der Waals surface area (Å²) in [5.74, 6) is 0.373. The summed E-state index contributed by atoms with van der Waals surface area (Å²) in [4.78, 5) is 12.2. The molecule has 1 aliphatic rings. The Morgan fingerprint density at radius 2 is 1.79 bits per heavy atom. The summed E-state index contributed by atoms with van der Waals surface area (Å²) in [7, 11) is -2.29. The van der Waals surface area contributed by atoms with E-state index in [1.807, 2.05) is 0 Å². The molecule has 1 aliphatic heterocycles. The monoisotopic (exact) mass is 346 g/mol. The van der Waals surface area contributed by atoms with Gasteiger partial charge in [0.15, 0.2) is 0 Å². The lowest BCUT2D eigenvalue weighted by Gasteiger charge is -2.29. The molecule has 0 saturated carbocycles. The minimum atomic E-state index is -3.81. The van der Waals surface area contributed by atoms with Crippen LogP contribution in [0.4, 0.5) is 11.4 Å². The molecular formula is C17H18N2O4S. The fourth-order valence-electron chi connectivity index (χ4n) is 2.79. The normalized spacial score (nSPS) is 17.7. The number of benzene rings is 2. The molecule has 1 amide bonds. The van der Waals surface area contributed by atoms with Crippen molar-refractivity contribution in [1.29, 1.82) is 0 Å². The predicted molar refractivity (Wildman–Crippen MR) is 91.8 cm³/mol. The summed E-state index contributed by atoms with van der Waals surface area (Å²) < 4.78 is 32.7. The highest BCUT2D eigenvalue weighted by atomic mass is 32.2. The minimum Gasteiger partial charge on any atom is -0.497 e. The topological polar surface area (TPSA) is 75.7 Å². The van der Waals surface area contributed by atoms with Crippen molar-refractivity contribution in [3.8, 4) is 5.75 Å². The highest BCUT2D eigenvalue weighted by Gasteiger charge is 2.34. The van der Waals surface area contributed by atoms with Gasteiger partial charge >= 0.3 is 0 Å². The van der Waals surface area contributed by atoms with Gasteiger partial charge in [0, 0.05) is 6.42 Å². The lowest BCUT2D eigenvalue weighted by Crippen LogP contribution is -2.39.